The molecule has 1 atom stereocenters. The van der Waals surface area contributed by atoms with Gasteiger partial charge in [-0.3, -0.25) is 4.79 Å². The van der Waals surface area contributed by atoms with Gasteiger partial charge in [0.1, 0.15) is 6.04 Å². The summed E-state index contributed by atoms with van der Waals surface area (Å²) in [6, 6.07) is 7.02. The highest BCUT2D eigenvalue weighted by Crippen LogP contribution is 2.31. The van der Waals surface area contributed by atoms with Crippen LogP contribution < -0.4 is 5.32 Å². The fourth-order valence-electron chi connectivity index (χ4n) is 1.10. The molecule has 0 fully saturated rings. The van der Waals surface area contributed by atoms with E-state index in [0.717, 1.165) is 10.5 Å². The van der Waals surface area contributed by atoms with Crippen molar-refractivity contribution in [1.29, 1.82) is 0 Å². The number of carbonyl (C=O) groups is 1. The normalized spacial score (nSPS) is 12.4. The van der Waals surface area contributed by atoms with E-state index in [1.54, 1.807) is 7.05 Å². The van der Waals surface area contributed by atoms with E-state index < -0.39 is 12.0 Å². The van der Waals surface area contributed by atoms with Crippen LogP contribution in [0, 0.1) is 0 Å². The number of likely N-dealkylation sites (N-methyl/N-ethyl adjacent to an activating group) is 1. The van der Waals surface area contributed by atoms with Crippen LogP contribution in [0.25, 0.3) is 0 Å². The molecule has 0 saturated heterocycles. The highest BCUT2D eigenvalue weighted by molar-refractivity contribution is 8.76. The molecule has 0 aliphatic heterocycles. The number of aliphatic hydroxyl groups is 1. The van der Waals surface area contributed by atoms with Gasteiger partial charge in [-0.05, 0) is 24.7 Å². The Kier molecular flexibility index (Phi) is 6.43. The molecular formula is C11H15NO3S2. The number of carboxylic acids is 1. The lowest BCUT2D eigenvalue weighted by molar-refractivity contribution is -0.138. The van der Waals surface area contributed by atoms with Crippen LogP contribution in [0.3, 0.4) is 0 Å². The molecule has 1 rings (SSSR count). The predicted octanol–water partition coefficient (Wildman–Crippen LogP) is 1.59. The fraction of sp³-hybridized carbons (Fsp3) is 0.364. The number of hydrogen-bond donors (Lipinski definition) is 3. The van der Waals surface area contributed by atoms with Crippen LogP contribution in [0.2, 0.25) is 0 Å². The monoisotopic (exact) mass is 273 g/mol. The molecule has 0 aromatic heterocycles. The van der Waals surface area contributed by atoms with Crippen LogP contribution in [-0.4, -0.2) is 35.0 Å². The minimum atomic E-state index is -0.837. The van der Waals surface area contributed by atoms with Gasteiger partial charge in [-0.15, -0.1) is 0 Å². The zero-order chi connectivity index (χ0) is 12.7. The Hall–Kier alpha value is -0.690. The van der Waals surface area contributed by atoms with E-state index in [0.29, 0.717) is 5.75 Å². The minimum Gasteiger partial charge on any atom is -0.480 e. The van der Waals surface area contributed by atoms with Gasteiger partial charge >= 0.3 is 5.97 Å². The van der Waals surface area contributed by atoms with E-state index >= 15 is 0 Å². The molecular weight excluding hydrogens is 258 g/mol. The first kappa shape index (κ1) is 14.4. The lowest BCUT2D eigenvalue weighted by Gasteiger charge is -2.09. The summed E-state index contributed by atoms with van der Waals surface area (Å²) in [6.45, 7) is 0.0406. The first-order valence-electron chi connectivity index (χ1n) is 5.06. The summed E-state index contributed by atoms with van der Waals surface area (Å²) >= 11 is 0. The van der Waals surface area contributed by atoms with E-state index in [-0.39, 0.29) is 6.61 Å². The van der Waals surface area contributed by atoms with Crippen molar-refractivity contribution in [2.75, 3.05) is 12.8 Å². The Labute approximate surface area is 108 Å². The summed E-state index contributed by atoms with van der Waals surface area (Å²) in [7, 11) is 4.66. The van der Waals surface area contributed by atoms with Crippen molar-refractivity contribution in [2.24, 2.45) is 0 Å². The number of rotatable bonds is 7. The molecule has 0 saturated carbocycles. The molecule has 0 bridgehead atoms. The zero-order valence-corrected chi connectivity index (χ0v) is 11.1. The minimum absolute atomic E-state index is 0.0406. The number of benzene rings is 1. The van der Waals surface area contributed by atoms with Crippen molar-refractivity contribution in [3.8, 4) is 0 Å². The lowest BCUT2D eigenvalue weighted by atomic mass is 10.2. The van der Waals surface area contributed by atoms with Gasteiger partial charge in [0, 0.05) is 10.6 Å². The van der Waals surface area contributed by atoms with Crippen molar-refractivity contribution in [1.82, 2.24) is 5.32 Å². The van der Waals surface area contributed by atoms with Gasteiger partial charge in [0.05, 0.1) is 6.61 Å². The highest BCUT2D eigenvalue weighted by Gasteiger charge is 2.14. The molecule has 0 aliphatic carbocycles. The first-order chi connectivity index (χ1) is 8.17. The largest absolute Gasteiger partial charge is 0.480 e. The van der Waals surface area contributed by atoms with Crippen LogP contribution in [0.1, 0.15) is 5.56 Å². The molecule has 0 spiro atoms. The molecule has 0 heterocycles. The number of carboxylic acid groups (broad SMARTS) is 1. The average Bonchev–Trinajstić information content (AvgIpc) is 2.35. The van der Waals surface area contributed by atoms with Crippen molar-refractivity contribution in [2.45, 2.75) is 17.5 Å². The first-order valence-corrected chi connectivity index (χ1v) is 7.38. The molecule has 0 amide bonds. The second kappa shape index (κ2) is 7.60. The van der Waals surface area contributed by atoms with Gasteiger partial charge in [-0.1, -0.05) is 33.7 Å². The van der Waals surface area contributed by atoms with Crippen LogP contribution in [0.4, 0.5) is 0 Å². The third-order valence-corrected chi connectivity index (χ3v) is 4.53. The van der Waals surface area contributed by atoms with Gasteiger partial charge < -0.3 is 15.5 Å². The topological polar surface area (TPSA) is 69.6 Å². The van der Waals surface area contributed by atoms with Crippen LogP contribution >= 0.6 is 21.6 Å². The van der Waals surface area contributed by atoms with Crippen LogP contribution in [0.5, 0.6) is 0 Å². The number of hydrogen-bond acceptors (Lipinski definition) is 5. The fourth-order valence-corrected chi connectivity index (χ4v) is 3.35. The Balaban J connectivity index is 2.37. The summed E-state index contributed by atoms with van der Waals surface area (Å²) in [4.78, 5) is 11.8. The van der Waals surface area contributed by atoms with E-state index in [9.17, 15) is 4.79 Å². The van der Waals surface area contributed by atoms with Crippen LogP contribution in [0.15, 0.2) is 29.2 Å². The van der Waals surface area contributed by atoms with Crippen molar-refractivity contribution in [3.05, 3.63) is 29.8 Å². The van der Waals surface area contributed by atoms with E-state index in [2.05, 4.69) is 5.32 Å². The summed E-state index contributed by atoms with van der Waals surface area (Å²) < 4.78 is 0. The molecule has 94 valence electrons. The van der Waals surface area contributed by atoms with Gasteiger partial charge in [-0.25, -0.2) is 0 Å². The average molecular weight is 273 g/mol. The number of aliphatic hydroxyl groups excluding tert-OH is 1. The standard InChI is InChI=1S/C11H15NO3S2/c1-12-10(11(14)15)7-16-17-9-4-2-8(6-13)3-5-9/h2-5,10,12-13H,6-7H2,1H3,(H,14,15). The second-order valence-electron chi connectivity index (χ2n) is 3.35. The Morgan fingerprint density at radius 3 is 2.53 bits per heavy atom. The SMILES string of the molecule is CNC(CSSc1ccc(CO)cc1)C(=O)O. The number of nitrogens with one attached hydrogen (secondary N) is 1. The molecule has 4 nitrogen and oxygen atoms in total. The quantitative estimate of drug-likeness (QED) is 0.656. The maximum absolute atomic E-state index is 10.7. The van der Waals surface area contributed by atoms with Gasteiger partial charge in [0.25, 0.3) is 0 Å². The van der Waals surface area contributed by atoms with Gasteiger partial charge in [0.2, 0.25) is 0 Å². The summed E-state index contributed by atoms with van der Waals surface area (Å²) in [5.41, 5.74) is 0.873. The maximum Gasteiger partial charge on any atom is 0.321 e. The zero-order valence-electron chi connectivity index (χ0n) is 9.42. The molecule has 1 aromatic carbocycles. The predicted molar refractivity (Wildman–Crippen MR) is 71.2 cm³/mol. The van der Waals surface area contributed by atoms with Crippen molar-refractivity contribution < 1.29 is 15.0 Å². The Morgan fingerprint density at radius 2 is 2.06 bits per heavy atom. The molecule has 6 heteroatoms. The molecule has 1 aromatic rings. The summed E-state index contributed by atoms with van der Waals surface area (Å²) in [5.74, 6) is -0.339. The molecule has 0 aliphatic rings. The highest BCUT2D eigenvalue weighted by atomic mass is 33.1. The Morgan fingerprint density at radius 1 is 1.41 bits per heavy atom. The second-order valence-corrected chi connectivity index (χ2v) is 5.76. The molecule has 3 N–H and O–H groups in total. The number of aliphatic carboxylic acids is 1. The summed E-state index contributed by atoms with van der Waals surface area (Å²) in [6.07, 6.45) is 0. The van der Waals surface area contributed by atoms with E-state index in [4.69, 9.17) is 10.2 Å². The van der Waals surface area contributed by atoms with Crippen LogP contribution in [-0.2, 0) is 11.4 Å². The molecule has 0 radical (unpaired) electrons. The molecule has 17 heavy (non-hydrogen) atoms. The third-order valence-electron chi connectivity index (χ3n) is 2.14. The smallest absolute Gasteiger partial charge is 0.321 e. The van der Waals surface area contributed by atoms with Gasteiger partial charge in [-0.2, -0.15) is 0 Å². The van der Waals surface area contributed by atoms with Crippen molar-refractivity contribution in [3.63, 3.8) is 0 Å². The van der Waals surface area contributed by atoms with Crippen molar-refractivity contribution >= 4 is 27.6 Å². The van der Waals surface area contributed by atoms with E-state index in [1.165, 1.54) is 21.6 Å². The third kappa shape index (κ3) is 4.99. The Bertz CT molecular complexity index is 356. The lowest BCUT2D eigenvalue weighted by Crippen LogP contribution is -2.35. The van der Waals surface area contributed by atoms with E-state index in [1.807, 2.05) is 24.3 Å². The maximum atomic E-state index is 10.7. The van der Waals surface area contributed by atoms with Gasteiger partial charge in [0.15, 0.2) is 0 Å². The summed E-state index contributed by atoms with van der Waals surface area (Å²) in [5, 5.41) is 20.4. The molecule has 1 unspecified atom stereocenters.